The summed E-state index contributed by atoms with van der Waals surface area (Å²) in [6.07, 6.45) is 0. The Kier molecular flexibility index (Phi) is 5.84. The molecule has 0 saturated heterocycles. The second-order valence-electron chi connectivity index (χ2n) is 12.2. The minimum Gasteiger partial charge on any atom is -0.455 e. The average Bonchev–Trinajstić information content (AvgIpc) is 3.71. The van der Waals surface area contributed by atoms with Crippen LogP contribution in [0.1, 0.15) is 0 Å². The molecule has 4 heteroatoms. The van der Waals surface area contributed by atoms with Crippen molar-refractivity contribution < 1.29 is 4.42 Å². The van der Waals surface area contributed by atoms with Crippen LogP contribution in [0.25, 0.3) is 94.1 Å². The molecule has 3 heterocycles. The van der Waals surface area contributed by atoms with Crippen molar-refractivity contribution in [1.29, 1.82) is 0 Å². The van der Waals surface area contributed by atoms with Crippen LogP contribution in [-0.2, 0) is 0 Å². The molecular formula is C44H27N3O. The van der Waals surface area contributed by atoms with Crippen LogP contribution in [0.15, 0.2) is 168 Å². The van der Waals surface area contributed by atoms with Gasteiger partial charge in [0, 0.05) is 49.3 Å². The van der Waals surface area contributed by atoms with Gasteiger partial charge in [-0.1, -0.05) is 121 Å². The van der Waals surface area contributed by atoms with Gasteiger partial charge in [-0.3, -0.25) is 0 Å². The molecule has 10 aromatic rings. The Morgan fingerprint density at radius 3 is 1.85 bits per heavy atom. The van der Waals surface area contributed by atoms with Gasteiger partial charge in [0.25, 0.3) is 0 Å². The van der Waals surface area contributed by atoms with Gasteiger partial charge >= 0.3 is 0 Å². The number of hydrogen-bond donors (Lipinski definition) is 0. The van der Waals surface area contributed by atoms with Crippen molar-refractivity contribution in [2.75, 3.05) is 0 Å². The molecule has 10 rings (SSSR count). The summed E-state index contributed by atoms with van der Waals surface area (Å²) in [4.78, 5) is 10.2. The van der Waals surface area contributed by atoms with Crippen LogP contribution in [0.2, 0.25) is 0 Å². The number of rotatable bonds is 4. The maximum Gasteiger partial charge on any atom is 0.160 e. The standard InChI is InChI=1S/C44H27N3O/c1-3-12-28(13-4-1)36-27-37(29-14-5-2-6-15-29)46-44(45-36)31-16-11-17-32(26-31)47-38-20-9-7-19-35(38)42-39(47)25-23-30-22-24-34-33-18-8-10-21-40(33)48-43(34)41(30)42/h1-27H. The van der Waals surface area contributed by atoms with Crippen molar-refractivity contribution >= 4 is 54.5 Å². The normalized spacial score (nSPS) is 11.8. The van der Waals surface area contributed by atoms with E-state index < -0.39 is 0 Å². The number of benzene rings is 7. The molecule has 0 saturated carbocycles. The summed E-state index contributed by atoms with van der Waals surface area (Å²) in [5.74, 6) is 0.687. The van der Waals surface area contributed by atoms with Crippen molar-refractivity contribution in [1.82, 2.24) is 14.5 Å². The molecule has 0 aliphatic rings. The first-order chi connectivity index (χ1) is 23.8. The van der Waals surface area contributed by atoms with Crippen LogP contribution >= 0.6 is 0 Å². The van der Waals surface area contributed by atoms with Crippen molar-refractivity contribution in [2.45, 2.75) is 0 Å². The number of fused-ring (bicyclic) bond motifs is 9. The maximum absolute atomic E-state index is 6.58. The number of nitrogens with zero attached hydrogens (tertiary/aromatic N) is 3. The minimum atomic E-state index is 0.687. The quantitative estimate of drug-likeness (QED) is 0.198. The first kappa shape index (κ1) is 26.7. The van der Waals surface area contributed by atoms with Crippen LogP contribution in [0.4, 0.5) is 0 Å². The smallest absolute Gasteiger partial charge is 0.160 e. The predicted molar refractivity (Wildman–Crippen MR) is 197 cm³/mol. The summed E-state index contributed by atoms with van der Waals surface area (Å²) in [5.41, 5.74) is 9.98. The van der Waals surface area contributed by atoms with E-state index in [4.69, 9.17) is 14.4 Å². The van der Waals surface area contributed by atoms with Gasteiger partial charge in [-0.15, -0.1) is 0 Å². The Morgan fingerprint density at radius 1 is 0.438 bits per heavy atom. The number of aromatic nitrogens is 3. The van der Waals surface area contributed by atoms with Crippen molar-refractivity contribution in [3.8, 4) is 39.6 Å². The third-order valence-corrected chi connectivity index (χ3v) is 9.39. The topological polar surface area (TPSA) is 43.9 Å². The molecule has 7 aromatic carbocycles. The van der Waals surface area contributed by atoms with E-state index in [1.165, 1.54) is 10.8 Å². The summed E-state index contributed by atoms with van der Waals surface area (Å²) in [6, 6.07) is 57.1. The molecule has 0 atom stereocenters. The molecule has 3 aromatic heterocycles. The van der Waals surface area contributed by atoms with E-state index in [-0.39, 0.29) is 0 Å². The highest BCUT2D eigenvalue weighted by Gasteiger charge is 2.19. The molecule has 224 valence electrons. The molecule has 0 unspecified atom stereocenters. The highest BCUT2D eigenvalue weighted by atomic mass is 16.3. The zero-order valence-electron chi connectivity index (χ0n) is 25.8. The van der Waals surface area contributed by atoms with Crippen LogP contribution in [-0.4, -0.2) is 14.5 Å². The van der Waals surface area contributed by atoms with Crippen LogP contribution in [0.5, 0.6) is 0 Å². The molecule has 0 N–H and O–H groups in total. The molecule has 0 amide bonds. The number of para-hydroxylation sites is 2. The Hall–Kier alpha value is -6.52. The molecular weight excluding hydrogens is 587 g/mol. The van der Waals surface area contributed by atoms with Crippen molar-refractivity contribution in [2.24, 2.45) is 0 Å². The summed E-state index contributed by atoms with van der Waals surface area (Å²) in [6.45, 7) is 0. The van der Waals surface area contributed by atoms with Gasteiger partial charge in [-0.05, 0) is 47.9 Å². The van der Waals surface area contributed by atoms with Crippen LogP contribution < -0.4 is 0 Å². The highest BCUT2D eigenvalue weighted by molar-refractivity contribution is 6.29. The molecule has 0 spiro atoms. The molecule has 0 aliphatic carbocycles. The first-order valence-electron chi connectivity index (χ1n) is 16.2. The van der Waals surface area contributed by atoms with E-state index in [1.807, 2.05) is 48.5 Å². The zero-order chi connectivity index (χ0) is 31.6. The monoisotopic (exact) mass is 613 g/mol. The number of furan rings is 1. The van der Waals surface area contributed by atoms with Gasteiger partial charge in [0.05, 0.1) is 22.4 Å². The van der Waals surface area contributed by atoms with Gasteiger partial charge in [0.1, 0.15) is 11.2 Å². The molecule has 0 aliphatic heterocycles. The van der Waals surface area contributed by atoms with Crippen LogP contribution in [0, 0.1) is 0 Å². The van der Waals surface area contributed by atoms with Gasteiger partial charge in [0.15, 0.2) is 5.82 Å². The number of hydrogen-bond acceptors (Lipinski definition) is 3. The predicted octanol–water partition coefficient (Wildman–Crippen LogP) is 11.6. The van der Waals surface area contributed by atoms with E-state index in [2.05, 4.69) is 120 Å². The van der Waals surface area contributed by atoms with Gasteiger partial charge in [-0.25, -0.2) is 9.97 Å². The summed E-state index contributed by atoms with van der Waals surface area (Å²) >= 11 is 0. The molecule has 0 fully saturated rings. The Morgan fingerprint density at radius 2 is 1.08 bits per heavy atom. The van der Waals surface area contributed by atoms with Crippen molar-refractivity contribution in [3.63, 3.8) is 0 Å². The Bertz CT molecular complexity index is 2770. The second kappa shape index (κ2) is 10.5. The first-order valence-corrected chi connectivity index (χ1v) is 16.2. The third kappa shape index (κ3) is 4.10. The highest BCUT2D eigenvalue weighted by Crippen LogP contribution is 2.42. The van der Waals surface area contributed by atoms with Crippen LogP contribution in [0.3, 0.4) is 0 Å². The summed E-state index contributed by atoms with van der Waals surface area (Å²) in [5, 5.41) is 6.94. The largest absolute Gasteiger partial charge is 0.455 e. The Labute approximate surface area is 276 Å². The fourth-order valence-electron chi connectivity index (χ4n) is 7.20. The van der Waals surface area contributed by atoms with Crippen molar-refractivity contribution in [3.05, 3.63) is 164 Å². The molecule has 0 bridgehead atoms. The van der Waals surface area contributed by atoms with E-state index in [0.717, 1.165) is 77.5 Å². The lowest BCUT2D eigenvalue weighted by Crippen LogP contribution is -1.98. The second-order valence-corrected chi connectivity index (χ2v) is 12.2. The minimum absolute atomic E-state index is 0.687. The third-order valence-electron chi connectivity index (χ3n) is 9.39. The van der Waals surface area contributed by atoms with E-state index in [9.17, 15) is 0 Å². The van der Waals surface area contributed by atoms with Gasteiger partial charge < -0.3 is 8.98 Å². The molecule has 0 radical (unpaired) electrons. The lowest BCUT2D eigenvalue weighted by atomic mass is 10.0. The summed E-state index contributed by atoms with van der Waals surface area (Å²) in [7, 11) is 0. The lowest BCUT2D eigenvalue weighted by Gasteiger charge is -2.12. The summed E-state index contributed by atoms with van der Waals surface area (Å²) < 4.78 is 8.94. The lowest BCUT2D eigenvalue weighted by molar-refractivity contribution is 0.673. The van der Waals surface area contributed by atoms with Gasteiger partial charge in [-0.2, -0.15) is 0 Å². The average molecular weight is 614 g/mol. The van der Waals surface area contributed by atoms with E-state index >= 15 is 0 Å². The maximum atomic E-state index is 6.58. The van der Waals surface area contributed by atoms with Gasteiger partial charge in [0.2, 0.25) is 0 Å². The fourth-order valence-corrected chi connectivity index (χ4v) is 7.20. The SMILES string of the molecule is c1ccc(-c2cc(-c3ccccc3)nc(-c3cccc(-n4c5ccccc5c5c6c(ccc7c8ccccc8oc76)ccc54)c3)n2)cc1. The molecule has 48 heavy (non-hydrogen) atoms. The Balaban J connectivity index is 1.22. The van der Waals surface area contributed by atoms with E-state index in [1.54, 1.807) is 0 Å². The fraction of sp³-hybridized carbons (Fsp3) is 0. The molecule has 4 nitrogen and oxygen atoms in total. The zero-order valence-corrected chi connectivity index (χ0v) is 25.8. The van der Waals surface area contributed by atoms with E-state index in [0.29, 0.717) is 5.82 Å².